The minimum Gasteiger partial charge on any atom is -0.461 e. The quantitative estimate of drug-likeness (QED) is 0.579. The molecule has 0 spiro atoms. The van der Waals surface area contributed by atoms with E-state index in [4.69, 9.17) is 23.3 Å². The van der Waals surface area contributed by atoms with Gasteiger partial charge in [0.15, 0.2) is 11.5 Å². The van der Waals surface area contributed by atoms with Gasteiger partial charge < -0.3 is 23.3 Å². The van der Waals surface area contributed by atoms with Crippen molar-refractivity contribution in [1.82, 2.24) is 0 Å². The van der Waals surface area contributed by atoms with Crippen molar-refractivity contribution < 1.29 is 32.6 Å². The van der Waals surface area contributed by atoms with Crippen LogP contribution in [0.25, 0.3) is 10.1 Å². The van der Waals surface area contributed by atoms with Gasteiger partial charge in [0.2, 0.25) is 6.79 Å². The summed E-state index contributed by atoms with van der Waals surface area (Å²) in [7, 11) is -0.587. The molecule has 1 aliphatic heterocycles. The largest absolute Gasteiger partial charge is 0.461 e. The lowest BCUT2D eigenvalue weighted by molar-refractivity contribution is 0.0530. The molecule has 0 aliphatic carbocycles. The lowest BCUT2D eigenvalue weighted by atomic mass is 10.2. The molecule has 23 heavy (non-hydrogen) atoms. The van der Waals surface area contributed by atoms with Gasteiger partial charge in [0, 0.05) is 25.0 Å². The van der Waals surface area contributed by atoms with Crippen LogP contribution in [0.1, 0.15) is 9.67 Å². The Kier molecular flexibility index (Phi) is 4.59. The SMILES string of the molecule is COP(=O)(CCOC(=O)c1cc2cc3c(cc2s1)OCO3)OC. The molecule has 1 aromatic heterocycles. The first-order chi connectivity index (χ1) is 11.0. The lowest BCUT2D eigenvalue weighted by Gasteiger charge is -2.12. The summed E-state index contributed by atoms with van der Waals surface area (Å²) in [5.74, 6) is 0.851. The van der Waals surface area contributed by atoms with Crippen LogP contribution in [0.4, 0.5) is 0 Å². The zero-order valence-corrected chi connectivity index (χ0v) is 14.3. The Morgan fingerprint density at radius 1 is 1.22 bits per heavy atom. The Balaban J connectivity index is 1.68. The number of rotatable bonds is 6. The van der Waals surface area contributed by atoms with Gasteiger partial charge in [-0.3, -0.25) is 4.57 Å². The van der Waals surface area contributed by atoms with Crippen LogP contribution < -0.4 is 9.47 Å². The van der Waals surface area contributed by atoms with E-state index in [1.54, 1.807) is 6.07 Å². The molecule has 2 aromatic rings. The summed E-state index contributed by atoms with van der Waals surface area (Å²) < 4.78 is 38.1. The summed E-state index contributed by atoms with van der Waals surface area (Å²) in [5.41, 5.74) is 0. The van der Waals surface area contributed by atoms with E-state index in [2.05, 4.69) is 0 Å². The Morgan fingerprint density at radius 3 is 2.61 bits per heavy atom. The highest BCUT2D eigenvalue weighted by Gasteiger charge is 2.22. The second kappa shape index (κ2) is 6.49. The normalized spacial score (nSPS) is 13.5. The molecule has 0 amide bonds. The molecule has 0 saturated heterocycles. The third-order valence-electron chi connectivity index (χ3n) is 3.37. The number of ether oxygens (including phenoxy) is 3. The summed E-state index contributed by atoms with van der Waals surface area (Å²) in [6.45, 7) is 0.162. The monoisotopic (exact) mass is 358 g/mol. The van der Waals surface area contributed by atoms with Gasteiger partial charge >= 0.3 is 13.6 Å². The number of carbonyl (C=O) groups is 1. The summed E-state index contributed by atoms with van der Waals surface area (Å²) in [6, 6.07) is 5.40. The minimum absolute atomic E-state index is 0.00656. The van der Waals surface area contributed by atoms with Gasteiger partial charge in [-0.1, -0.05) is 0 Å². The van der Waals surface area contributed by atoms with Crippen LogP contribution in [0.5, 0.6) is 11.5 Å². The first-order valence-corrected chi connectivity index (χ1v) is 9.30. The molecule has 0 N–H and O–H groups in total. The summed E-state index contributed by atoms with van der Waals surface area (Å²) >= 11 is 1.30. The van der Waals surface area contributed by atoms with Gasteiger partial charge in [0.25, 0.3) is 0 Å². The molecule has 0 bridgehead atoms. The van der Waals surface area contributed by atoms with Crippen molar-refractivity contribution in [3.05, 3.63) is 23.1 Å². The zero-order chi connectivity index (χ0) is 16.4. The van der Waals surface area contributed by atoms with E-state index in [0.29, 0.717) is 16.4 Å². The fourth-order valence-corrected chi connectivity index (χ4v) is 3.90. The molecule has 0 unspecified atom stereocenters. The van der Waals surface area contributed by atoms with Crippen LogP contribution >= 0.6 is 18.9 Å². The van der Waals surface area contributed by atoms with Crippen LogP contribution in [0.2, 0.25) is 0 Å². The fourth-order valence-electron chi connectivity index (χ4n) is 2.11. The van der Waals surface area contributed by atoms with Crippen LogP contribution in [-0.2, 0) is 18.3 Å². The number of carbonyl (C=O) groups excluding carboxylic acids is 1. The average molecular weight is 358 g/mol. The van der Waals surface area contributed by atoms with Crippen LogP contribution in [0.3, 0.4) is 0 Å². The number of hydrogen-bond acceptors (Lipinski definition) is 8. The fraction of sp³-hybridized carbons (Fsp3) is 0.357. The Labute approximate surface area is 136 Å². The van der Waals surface area contributed by atoms with Crippen molar-refractivity contribution in [2.24, 2.45) is 0 Å². The van der Waals surface area contributed by atoms with Gasteiger partial charge in [0.1, 0.15) is 11.5 Å². The molecule has 0 atom stereocenters. The molecule has 2 heterocycles. The van der Waals surface area contributed by atoms with Crippen LogP contribution in [0, 0.1) is 0 Å². The number of fused-ring (bicyclic) bond motifs is 2. The van der Waals surface area contributed by atoms with E-state index in [1.807, 2.05) is 12.1 Å². The van der Waals surface area contributed by atoms with Crippen LogP contribution in [0.15, 0.2) is 18.2 Å². The smallest absolute Gasteiger partial charge is 0.348 e. The van der Waals surface area contributed by atoms with E-state index in [9.17, 15) is 9.36 Å². The average Bonchev–Trinajstić information content (AvgIpc) is 3.17. The van der Waals surface area contributed by atoms with Gasteiger partial charge in [-0.05, 0) is 17.5 Å². The van der Waals surface area contributed by atoms with Crippen molar-refractivity contribution in [2.45, 2.75) is 0 Å². The van der Waals surface area contributed by atoms with E-state index in [0.717, 1.165) is 10.1 Å². The van der Waals surface area contributed by atoms with Gasteiger partial charge in [-0.25, -0.2) is 4.79 Å². The summed E-state index contributed by atoms with van der Waals surface area (Å²) in [4.78, 5) is 12.5. The Morgan fingerprint density at radius 2 is 1.91 bits per heavy atom. The van der Waals surface area contributed by atoms with Gasteiger partial charge in [0.05, 0.1) is 6.16 Å². The van der Waals surface area contributed by atoms with Crippen LogP contribution in [-0.4, -0.2) is 39.8 Å². The zero-order valence-electron chi connectivity index (χ0n) is 12.6. The second-order valence-corrected chi connectivity index (χ2v) is 8.17. The maximum Gasteiger partial charge on any atom is 0.348 e. The third kappa shape index (κ3) is 3.35. The molecular formula is C14H15O7PS. The van der Waals surface area contributed by atoms with E-state index < -0.39 is 13.6 Å². The maximum absolute atomic E-state index is 12.1. The molecule has 3 rings (SSSR count). The second-order valence-electron chi connectivity index (χ2n) is 4.69. The highest BCUT2D eigenvalue weighted by atomic mass is 32.1. The van der Waals surface area contributed by atoms with Gasteiger partial charge in [-0.2, -0.15) is 0 Å². The van der Waals surface area contributed by atoms with Crippen molar-refractivity contribution in [1.29, 1.82) is 0 Å². The standard InChI is InChI=1S/C14H15O7PS/c1-17-22(16,18-2)4-3-19-14(15)13-6-9-5-10-11(21-8-20-10)7-12(9)23-13/h5-7H,3-4,8H2,1-2H3. The molecule has 1 aliphatic rings. The first kappa shape index (κ1) is 16.3. The van der Waals surface area contributed by atoms with Crippen molar-refractivity contribution in [3.63, 3.8) is 0 Å². The van der Waals surface area contributed by atoms with Crippen molar-refractivity contribution >= 4 is 35.0 Å². The topological polar surface area (TPSA) is 80.3 Å². The van der Waals surface area contributed by atoms with E-state index in [1.165, 1.54) is 25.6 Å². The van der Waals surface area contributed by atoms with Gasteiger partial charge in [-0.15, -0.1) is 11.3 Å². The van der Waals surface area contributed by atoms with Crippen molar-refractivity contribution in [3.8, 4) is 11.5 Å². The number of thiophene rings is 1. The molecule has 124 valence electrons. The predicted octanol–water partition coefficient (Wildman–Crippen LogP) is 3.27. The molecule has 0 fully saturated rings. The predicted molar refractivity (Wildman–Crippen MR) is 84.7 cm³/mol. The Hall–Kier alpha value is -1.60. The highest BCUT2D eigenvalue weighted by Crippen LogP contribution is 2.45. The molecular weight excluding hydrogens is 343 g/mol. The first-order valence-electron chi connectivity index (χ1n) is 6.75. The van der Waals surface area contributed by atoms with E-state index >= 15 is 0 Å². The minimum atomic E-state index is -3.17. The molecule has 0 saturated carbocycles. The highest BCUT2D eigenvalue weighted by molar-refractivity contribution is 7.53. The summed E-state index contributed by atoms with van der Waals surface area (Å²) in [5, 5.41) is 0.880. The van der Waals surface area contributed by atoms with E-state index in [-0.39, 0.29) is 19.6 Å². The number of hydrogen-bond donors (Lipinski definition) is 0. The molecule has 9 heteroatoms. The summed E-state index contributed by atoms with van der Waals surface area (Å²) in [6.07, 6.45) is 0.00656. The maximum atomic E-state index is 12.1. The number of benzene rings is 1. The number of esters is 1. The third-order valence-corrected chi connectivity index (χ3v) is 6.29. The molecule has 1 aromatic carbocycles. The molecule has 0 radical (unpaired) electrons. The van der Waals surface area contributed by atoms with Crippen molar-refractivity contribution in [2.75, 3.05) is 33.8 Å². The Bertz CT molecular complexity index is 736. The molecule has 7 nitrogen and oxygen atoms in total. The lowest BCUT2D eigenvalue weighted by Crippen LogP contribution is -2.09.